The molecular weight excluding hydrogens is 249 g/mol. The molecule has 0 unspecified atom stereocenters. The molecule has 2 aromatic heterocycles. The van der Waals surface area contributed by atoms with Crippen LogP contribution >= 0.6 is 0 Å². The average molecular weight is 256 g/mol. The number of alkyl halides is 3. The number of rotatable bonds is 2. The summed E-state index contributed by atoms with van der Waals surface area (Å²) in [4.78, 5) is 14.5. The highest BCUT2D eigenvalue weighted by Gasteiger charge is 2.33. The number of primary amides is 1. The molecule has 0 saturated heterocycles. The summed E-state index contributed by atoms with van der Waals surface area (Å²) >= 11 is 0. The van der Waals surface area contributed by atoms with E-state index in [2.05, 4.69) is 10.1 Å². The Morgan fingerprint density at radius 1 is 1.33 bits per heavy atom. The topological polar surface area (TPSA) is 73.8 Å². The van der Waals surface area contributed by atoms with E-state index in [0.717, 1.165) is 10.7 Å². The van der Waals surface area contributed by atoms with Gasteiger partial charge in [-0.15, -0.1) is 0 Å². The standard InChI is InChI=1S/C10H7F3N4O/c11-10(12,13)7-3-2-6(8(14)18)9(16-7)17-5-1-4-15-17/h1-5H,(H2,14,18). The summed E-state index contributed by atoms with van der Waals surface area (Å²) in [5.41, 5.74) is 3.83. The average Bonchev–Trinajstić information content (AvgIpc) is 2.80. The van der Waals surface area contributed by atoms with Gasteiger partial charge in [0.25, 0.3) is 5.91 Å². The van der Waals surface area contributed by atoms with Crippen molar-refractivity contribution in [1.82, 2.24) is 14.8 Å². The molecule has 18 heavy (non-hydrogen) atoms. The molecule has 94 valence electrons. The minimum Gasteiger partial charge on any atom is -0.365 e. The van der Waals surface area contributed by atoms with E-state index in [9.17, 15) is 18.0 Å². The van der Waals surface area contributed by atoms with Crippen LogP contribution in [0.15, 0.2) is 30.6 Å². The Labute approximate surface area is 99.0 Å². The number of nitrogens with zero attached hydrogens (tertiary/aromatic N) is 3. The summed E-state index contributed by atoms with van der Waals surface area (Å²) in [6, 6.07) is 3.18. The van der Waals surface area contributed by atoms with Crippen LogP contribution in [-0.2, 0) is 6.18 Å². The van der Waals surface area contributed by atoms with Crippen LogP contribution in [0.3, 0.4) is 0 Å². The zero-order valence-corrected chi connectivity index (χ0v) is 8.85. The first-order valence-electron chi connectivity index (χ1n) is 4.77. The van der Waals surface area contributed by atoms with Crippen LogP contribution in [0.5, 0.6) is 0 Å². The summed E-state index contributed by atoms with van der Waals surface area (Å²) in [6.45, 7) is 0. The maximum atomic E-state index is 12.5. The first-order valence-corrected chi connectivity index (χ1v) is 4.77. The van der Waals surface area contributed by atoms with Gasteiger partial charge in [-0.2, -0.15) is 18.3 Å². The Hall–Kier alpha value is -2.38. The van der Waals surface area contributed by atoms with Crippen LogP contribution in [-0.4, -0.2) is 20.7 Å². The zero-order valence-electron chi connectivity index (χ0n) is 8.85. The van der Waals surface area contributed by atoms with Crippen LogP contribution < -0.4 is 5.73 Å². The molecular formula is C10H7F3N4O. The highest BCUT2D eigenvalue weighted by atomic mass is 19.4. The number of carbonyl (C=O) groups excluding carboxylic acids is 1. The second-order valence-corrected chi connectivity index (χ2v) is 3.38. The van der Waals surface area contributed by atoms with Crippen molar-refractivity contribution in [2.24, 2.45) is 5.73 Å². The molecule has 0 saturated carbocycles. The van der Waals surface area contributed by atoms with E-state index >= 15 is 0 Å². The molecule has 2 heterocycles. The SMILES string of the molecule is NC(=O)c1ccc(C(F)(F)F)nc1-n1cccn1. The molecule has 0 aliphatic heterocycles. The summed E-state index contributed by atoms with van der Waals surface area (Å²) in [5, 5.41) is 3.73. The number of amides is 1. The van der Waals surface area contributed by atoms with E-state index in [1.165, 1.54) is 18.5 Å². The first kappa shape index (κ1) is 12.1. The van der Waals surface area contributed by atoms with Gasteiger partial charge in [0.1, 0.15) is 5.69 Å². The Balaban J connectivity index is 2.63. The van der Waals surface area contributed by atoms with Crippen molar-refractivity contribution >= 4 is 5.91 Å². The van der Waals surface area contributed by atoms with Crippen molar-refractivity contribution < 1.29 is 18.0 Å². The van der Waals surface area contributed by atoms with Gasteiger partial charge in [0.15, 0.2) is 5.82 Å². The van der Waals surface area contributed by atoms with Crippen molar-refractivity contribution in [3.8, 4) is 5.82 Å². The highest BCUT2D eigenvalue weighted by molar-refractivity contribution is 5.95. The first-order chi connectivity index (χ1) is 8.39. The molecule has 0 atom stereocenters. The molecule has 0 spiro atoms. The molecule has 0 aromatic carbocycles. The summed E-state index contributed by atoms with van der Waals surface area (Å²) in [6.07, 6.45) is -1.88. The van der Waals surface area contributed by atoms with Crippen LogP contribution in [0.4, 0.5) is 13.2 Å². The van der Waals surface area contributed by atoms with Crippen molar-refractivity contribution in [3.63, 3.8) is 0 Å². The van der Waals surface area contributed by atoms with Crippen LogP contribution in [0.1, 0.15) is 16.1 Å². The lowest BCUT2D eigenvalue weighted by Gasteiger charge is -2.10. The normalized spacial score (nSPS) is 11.5. The number of halogens is 3. The lowest BCUT2D eigenvalue weighted by atomic mass is 10.2. The van der Waals surface area contributed by atoms with Gasteiger partial charge in [0.2, 0.25) is 0 Å². The molecule has 0 fully saturated rings. The van der Waals surface area contributed by atoms with E-state index in [0.29, 0.717) is 6.07 Å². The minimum atomic E-state index is -4.60. The fourth-order valence-corrected chi connectivity index (χ4v) is 1.37. The molecule has 0 aliphatic carbocycles. The predicted octanol–water partition coefficient (Wildman–Crippen LogP) is 1.39. The van der Waals surface area contributed by atoms with Crippen LogP contribution in [0.2, 0.25) is 0 Å². The smallest absolute Gasteiger partial charge is 0.365 e. The van der Waals surface area contributed by atoms with E-state index in [1.807, 2.05) is 0 Å². The molecule has 0 aliphatic rings. The molecule has 2 N–H and O–H groups in total. The van der Waals surface area contributed by atoms with Gasteiger partial charge in [-0.25, -0.2) is 9.67 Å². The van der Waals surface area contributed by atoms with Gasteiger partial charge < -0.3 is 5.73 Å². The Bertz CT molecular complexity index is 577. The number of hydrogen-bond donors (Lipinski definition) is 1. The fourth-order valence-electron chi connectivity index (χ4n) is 1.37. The second-order valence-electron chi connectivity index (χ2n) is 3.38. The number of pyridine rings is 1. The molecule has 0 bridgehead atoms. The fraction of sp³-hybridized carbons (Fsp3) is 0.100. The third kappa shape index (κ3) is 2.17. The summed E-state index contributed by atoms with van der Waals surface area (Å²) < 4.78 is 38.7. The highest BCUT2D eigenvalue weighted by Crippen LogP contribution is 2.28. The third-order valence-corrected chi connectivity index (χ3v) is 2.15. The predicted molar refractivity (Wildman–Crippen MR) is 54.9 cm³/mol. The van der Waals surface area contributed by atoms with Gasteiger partial charge >= 0.3 is 6.18 Å². The van der Waals surface area contributed by atoms with E-state index in [4.69, 9.17) is 5.73 Å². The van der Waals surface area contributed by atoms with E-state index in [-0.39, 0.29) is 11.4 Å². The Morgan fingerprint density at radius 3 is 2.56 bits per heavy atom. The third-order valence-electron chi connectivity index (χ3n) is 2.15. The van der Waals surface area contributed by atoms with Crippen molar-refractivity contribution in [2.45, 2.75) is 6.18 Å². The number of nitrogens with two attached hydrogens (primary N) is 1. The molecule has 1 amide bonds. The van der Waals surface area contributed by atoms with Gasteiger partial charge in [-0.05, 0) is 18.2 Å². The van der Waals surface area contributed by atoms with E-state index < -0.39 is 17.8 Å². The van der Waals surface area contributed by atoms with Crippen molar-refractivity contribution in [2.75, 3.05) is 0 Å². The van der Waals surface area contributed by atoms with Gasteiger partial charge in [-0.3, -0.25) is 4.79 Å². The second kappa shape index (κ2) is 4.13. The van der Waals surface area contributed by atoms with Crippen molar-refractivity contribution in [3.05, 3.63) is 41.9 Å². The largest absolute Gasteiger partial charge is 0.433 e. The van der Waals surface area contributed by atoms with Crippen LogP contribution in [0, 0.1) is 0 Å². The van der Waals surface area contributed by atoms with Gasteiger partial charge in [-0.1, -0.05) is 0 Å². The maximum Gasteiger partial charge on any atom is 0.433 e. The lowest BCUT2D eigenvalue weighted by Crippen LogP contribution is -2.19. The van der Waals surface area contributed by atoms with E-state index in [1.54, 1.807) is 0 Å². The van der Waals surface area contributed by atoms with Gasteiger partial charge in [0.05, 0.1) is 5.56 Å². The number of aromatic nitrogens is 3. The van der Waals surface area contributed by atoms with Crippen LogP contribution in [0.25, 0.3) is 5.82 Å². The summed E-state index contributed by atoms with van der Waals surface area (Å²) in [7, 11) is 0. The van der Waals surface area contributed by atoms with Gasteiger partial charge in [0, 0.05) is 12.4 Å². The number of carbonyl (C=O) groups is 1. The van der Waals surface area contributed by atoms with Crippen molar-refractivity contribution in [1.29, 1.82) is 0 Å². The summed E-state index contributed by atoms with van der Waals surface area (Å²) in [5.74, 6) is -1.12. The number of hydrogen-bond acceptors (Lipinski definition) is 3. The zero-order chi connectivity index (χ0) is 13.3. The maximum absolute atomic E-state index is 12.5. The molecule has 8 heteroatoms. The molecule has 2 rings (SSSR count). The minimum absolute atomic E-state index is 0.133. The monoisotopic (exact) mass is 256 g/mol. The molecule has 2 aromatic rings. The Kier molecular flexibility index (Phi) is 2.77. The molecule has 5 nitrogen and oxygen atoms in total. The molecule has 0 radical (unpaired) electrons. The quantitative estimate of drug-likeness (QED) is 0.882. The lowest BCUT2D eigenvalue weighted by molar-refractivity contribution is -0.141. The Morgan fingerprint density at radius 2 is 2.06 bits per heavy atom.